The molecule has 2 heterocycles. The number of nitrogens with two attached hydrogens (primary N) is 1. The quantitative estimate of drug-likeness (QED) is 0.529. The molecule has 0 unspecified atom stereocenters. The van der Waals surface area contributed by atoms with Gasteiger partial charge < -0.3 is 10.3 Å². The van der Waals surface area contributed by atoms with E-state index < -0.39 is 0 Å². The summed E-state index contributed by atoms with van der Waals surface area (Å²) in [6, 6.07) is 20.3. The first-order valence-electron chi connectivity index (χ1n) is 6.55. The Balaban J connectivity index is 2.22. The first-order chi connectivity index (χ1) is 9.84. The molecule has 0 radical (unpaired) electrons. The molecule has 0 bridgehead atoms. The molecule has 3 nitrogen and oxygen atoms in total. The maximum Gasteiger partial charge on any atom is 0.0964 e. The number of rotatable bonds is 1. The molecule has 4 rings (SSSR count). The van der Waals surface area contributed by atoms with Gasteiger partial charge in [0, 0.05) is 23.0 Å². The number of anilines is 1. The van der Waals surface area contributed by atoms with E-state index in [0.717, 1.165) is 33.3 Å². The van der Waals surface area contributed by atoms with E-state index in [1.54, 1.807) is 0 Å². The predicted octanol–water partition coefficient (Wildman–Crippen LogP) is 3.76. The molecule has 20 heavy (non-hydrogen) atoms. The zero-order chi connectivity index (χ0) is 13.5. The summed E-state index contributed by atoms with van der Waals surface area (Å²) in [4.78, 5) is 4.52. The molecular formula is C17H13N3. The molecule has 0 saturated carbocycles. The summed E-state index contributed by atoms with van der Waals surface area (Å²) in [7, 11) is 0. The van der Waals surface area contributed by atoms with Crippen LogP contribution in [0.1, 0.15) is 0 Å². The number of nitrogen functional groups attached to an aromatic ring is 1. The Morgan fingerprint density at radius 3 is 2.55 bits per heavy atom. The topological polar surface area (TPSA) is 43.8 Å². The number of aromatic nitrogens is 2. The van der Waals surface area contributed by atoms with Crippen LogP contribution in [0.3, 0.4) is 0 Å². The van der Waals surface area contributed by atoms with Gasteiger partial charge in [0.25, 0.3) is 0 Å². The van der Waals surface area contributed by atoms with Gasteiger partial charge in [0.1, 0.15) is 0 Å². The highest BCUT2D eigenvalue weighted by molar-refractivity contribution is 6.07. The lowest BCUT2D eigenvalue weighted by Crippen LogP contribution is -1.93. The van der Waals surface area contributed by atoms with E-state index in [0.29, 0.717) is 0 Å². The van der Waals surface area contributed by atoms with Crippen LogP contribution >= 0.6 is 0 Å². The second kappa shape index (κ2) is 4.10. The molecule has 0 fully saturated rings. The van der Waals surface area contributed by atoms with Crippen LogP contribution in [0, 0.1) is 0 Å². The summed E-state index contributed by atoms with van der Waals surface area (Å²) in [6.07, 6.45) is 1.82. The molecule has 3 heteroatoms. The third kappa shape index (κ3) is 1.50. The van der Waals surface area contributed by atoms with Gasteiger partial charge in [0.15, 0.2) is 0 Å². The van der Waals surface area contributed by atoms with Crippen LogP contribution in [0.2, 0.25) is 0 Å². The van der Waals surface area contributed by atoms with Crippen LogP contribution in [0.5, 0.6) is 0 Å². The van der Waals surface area contributed by atoms with Gasteiger partial charge in [-0.05, 0) is 42.5 Å². The van der Waals surface area contributed by atoms with Crippen LogP contribution in [-0.4, -0.2) is 9.55 Å². The largest absolute Gasteiger partial charge is 0.399 e. The van der Waals surface area contributed by atoms with Crippen molar-refractivity contribution in [2.24, 2.45) is 0 Å². The number of hydrogen-bond donors (Lipinski definition) is 1. The molecule has 2 aromatic carbocycles. The first-order valence-corrected chi connectivity index (χ1v) is 6.55. The average molecular weight is 259 g/mol. The van der Waals surface area contributed by atoms with Crippen molar-refractivity contribution >= 4 is 27.6 Å². The molecule has 0 atom stereocenters. The van der Waals surface area contributed by atoms with Crippen LogP contribution in [-0.2, 0) is 0 Å². The van der Waals surface area contributed by atoms with E-state index in [-0.39, 0.29) is 0 Å². The molecular weight excluding hydrogens is 246 g/mol. The molecule has 0 aliphatic carbocycles. The van der Waals surface area contributed by atoms with E-state index >= 15 is 0 Å². The number of pyridine rings is 1. The fourth-order valence-corrected chi connectivity index (χ4v) is 2.71. The number of fused-ring (bicyclic) bond motifs is 3. The van der Waals surface area contributed by atoms with Crippen molar-refractivity contribution in [3.05, 3.63) is 66.9 Å². The maximum atomic E-state index is 5.93. The van der Waals surface area contributed by atoms with E-state index in [1.165, 1.54) is 0 Å². The Hall–Kier alpha value is -2.81. The van der Waals surface area contributed by atoms with Gasteiger partial charge >= 0.3 is 0 Å². The minimum Gasteiger partial charge on any atom is -0.399 e. The standard InChI is InChI=1S/C17H13N3/c18-12-8-9-15-14(11-12)17-16(7-4-10-19-17)20(15)13-5-2-1-3-6-13/h1-11H,18H2. The molecule has 96 valence electrons. The first kappa shape index (κ1) is 11.1. The Morgan fingerprint density at radius 1 is 0.850 bits per heavy atom. The van der Waals surface area contributed by atoms with Gasteiger partial charge in [0.2, 0.25) is 0 Å². The Morgan fingerprint density at radius 2 is 1.70 bits per heavy atom. The van der Waals surface area contributed by atoms with Crippen molar-refractivity contribution in [2.75, 3.05) is 5.73 Å². The highest BCUT2D eigenvalue weighted by Crippen LogP contribution is 2.31. The number of benzene rings is 2. The van der Waals surface area contributed by atoms with E-state index in [1.807, 2.05) is 42.6 Å². The number of nitrogens with zero attached hydrogens (tertiary/aromatic N) is 2. The minimum absolute atomic E-state index is 0.760. The fourth-order valence-electron chi connectivity index (χ4n) is 2.71. The molecule has 0 aliphatic heterocycles. The molecule has 0 aliphatic rings. The maximum absolute atomic E-state index is 5.93. The molecule has 0 spiro atoms. The van der Waals surface area contributed by atoms with Crippen molar-refractivity contribution in [3.63, 3.8) is 0 Å². The summed E-state index contributed by atoms with van der Waals surface area (Å²) < 4.78 is 2.22. The van der Waals surface area contributed by atoms with Crippen molar-refractivity contribution in [1.29, 1.82) is 0 Å². The Labute approximate surface area is 116 Å². The highest BCUT2D eigenvalue weighted by Gasteiger charge is 2.12. The predicted molar refractivity (Wildman–Crippen MR) is 83.0 cm³/mol. The Bertz CT molecular complexity index is 907. The summed E-state index contributed by atoms with van der Waals surface area (Å²) in [5.74, 6) is 0. The van der Waals surface area contributed by atoms with E-state index in [4.69, 9.17) is 5.73 Å². The molecule has 0 amide bonds. The third-order valence-corrected chi connectivity index (χ3v) is 3.56. The zero-order valence-electron chi connectivity index (χ0n) is 10.8. The lowest BCUT2D eigenvalue weighted by molar-refractivity contribution is 1.18. The van der Waals surface area contributed by atoms with Gasteiger partial charge in [-0.25, -0.2) is 0 Å². The molecule has 4 aromatic rings. The minimum atomic E-state index is 0.760. The van der Waals surface area contributed by atoms with E-state index in [9.17, 15) is 0 Å². The molecule has 0 saturated heterocycles. The normalized spacial score (nSPS) is 11.2. The summed E-state index contributed by atoms with van der Waals surface area (Å²) in [5, 5.41) is 1.09. The third-order valence-electron chi connectivity index (χ3n) is 3.56. The summed E-state index contributed by atoms with van der Waals surface area (Å²) in [5.41, 5.74) is 11.0. The van der Waals surface area contributed by atoms with Crippen LogP contribution in [0.25, 0.3) is 27.6 Å². The van der Waals surface area contributed by atoms with Gasteiger partial charge in [0.05, 0.1) is 16.6 Å². The van der Waals surface area contributed by atoms with Gasteiger partial charge in [-0.3, -0.25) is 4.98 Å². The zero-order valence-corrected chi connectivity index (χ0v) is 10.8. The van der Waals surface area contributed by atoms with E-state index in [2.05, 4.69) is 33.8 Å². The van der Waals surface area contributed by atoms with Gasteiger partial charge in [-0.15, -0.1) is 0 Å². The van der Waals surface area contributed by atoms with Gasteiger partial charge in [-0.1, -0.05) is 18.2 Å². The number of hydrogen-bond acceptors (Lipinski definition) is 2. The second-order valence-corrected chi connectivity index (χ2v) is 4.82. The van der Waals surface area contributed by atoms with Crippen LogP contribution in [0.4, 0.5) is 5.69 Å². The SMILES string of the molecule is Nc1ccc2c(c1)c1ncccc1n2-c1ccccc1. The van der Waals surface area contributed by atoms with Gasteiger partial charge in [-0.2, -0.15) is 0 Å². The second-order valence-electron chi connectivity index (χ2n) is 4.82. The monoisotopic (exact) mass is 259 g/mol. The van der Waals surface area contributed by atoms with Crippen molar-refractivity contribution in [1.82, 2.24) is 9.55 Å². The lowest BCUT2D eigenvalue weighted by atomic mass is 10.2. The van der Waals surface area contributed by atoms with Crippen molar-refractivity contribution < 1.29 is 0 Å². The van der Waals surface area contributed by atoms with Crippen molar-refractivity contribution in [3.8, 4) is 5.69 Å². The number of para-hydroxylation sites is 1. The molecule has 2 N–H and O–H groups in total. The smallest absolute Gasteiger partial charge is 0.0964 e. The van der Waals surface area contributed by atoms with Crippen molar-refractivity contribution in [2.45, 2.75) is 0 Å². The summed E-state index contributed by atoms with van der Waals surface area (Å²) >= 11 is 0. The van der Waals surface area contributed by atoms with Crippen LogP contribution in [0.15, 0.2) is 66.9 Å². The fraction of sp³-hybridized carbons (Fsp3) is 0. The average Bonchev–Trinajstić information content (AvgIpc) is 2.82. The lowest BCUT2D eigenvalue weighted by Gasteiger charge is -2.06. The molecule has 2 aromatic heterocycles. The van der Waals surface area contributed by atoms with Crippen LogP contribution < -0.4 is 5.73 Å². The Kier molecular flexibility index (Phi) is 2.27. The highest BCUT2D eigenvalue weighted by atomic mass is 15.0. The summed E-state index contributed by atoms with van der Waals surface area (Å²) in [6.45, 7) is 0.